The Morgan fingerprint density at radius 3 is 2.56 bits per heavy atom. The lowest BCUT2D eigenvalue weighted by molar-refractivity contribution is 0.240. The highest BCUT2D eigenvalue weighted by molar-refractivity contribution is 5.72. The first-order valence-corrected chi connectivity index (χ1v) is 9.31. The van der Waals surface area contributed by atoms with Gasteiger partial charge in [0.2, 0.25) is 5.95 Å². The van der Waals surface area contributed by atoms with Crippen LogP contribution in [0.25, 0.3) is 11.2 Å². The minimum Gasteiger partial charge on any atom is -0.394 e. The Morgan fingerprint density at radius 1 is 1.22 bits per heavy atom. The zero-order valence-corrected chi connectivity index (χ0v) is 16.3. The van der Waals surface area contributed by atoms with Crippen molar-refractivity contribution in [2.45, 2.75) is 39.8 Å². The average Bonchev–Trinajstić information content (AvgIpc) is 2.99. The Kier molecular flexibility index (Phi) is 5.60. The van der Waals surface area contributed by atoms with Crippen LogP contribution in [-0.4, -0.2) is 36.9 Å². The van der Waals surface area contributed by atoms with Gasteiger partial charge in [0.05, 0.1) is 12.6 Å². The number of benzene rings is 1. The number of hydrogen-bond donors (Lipinski definition) is 2. The zero-order chi connectivity index (χ0) is 19.6. The van der Waals surface area contributed by atoms with E-state index in [4.69, 9.17) is 0 Å². The molecule has 2 heterocycles. The fourth-order valence-corrected chi connectivity index (χ4v) is 3.18. The average molecular weight is 369 g/mol. The number of nitrogens with zero attached hydrogens (tertiary/aromatic N) is 4. The minimum atomic E-state index is -0.168. The number of nitrogens with one attached hydrogen (secondary N) is 1. The van der Waals surface area contributed by atoms with E-state index in [1.54, 1.807) is 7.05 Å². The van der Waals surface area contributed by atoms with E-state index in [2.05, 4.69) is 29.1 Å². The van der Waals surface area contributed by atoms with E-state index in [9.17, 15) is 9.90 Å². The van der Waals surface area contributed by atoms with Gasteiger partial charge in [-0.1, -0.05) is 50.6 Å². The van der Waals surface area contributed by atoms with Gasteiger partial charge in [0.1, 0.15) is 5.82 Å². The van der Waals surface area contributed by atoms with Crippen LogP contribution in [0.15, 0.2) is 35.1 Å². The van der Waals surface area contributed by atoms with Crippen LogP contribution in [0.1, 0.15) is 31.7 Å². The lowest BCUT2D eigenvalue weighted by Gasteiger charge is -2.23. The standard InChI is InChI=1S/C20H27N5O2/c1-5-13(2)16(12-26)22-20-23-18-17(19(27)24(20)4)25(14(3)21-18)11-15-9-7-6-8-10-15/h6-10,13,16,26H,5,11-12H2,1-4H3,(H,22,23). The van der Waals surface area contributed by atoms with Crippen LogP contribution < -0.4 is 10.9 Å². The molecule has 0 saturated carbocycles. The van der Waals surface area contributed by atoms with E-state index in [0.717, 1.165) is 17.8 Å². The Bertz CT molecular complexity index is 977. The predicted octanol–water partition coefficient (Wildman–Crippen LogP) is 2.31. The Balaban J connectivity index is 2.04. The van der Waals surface area contributed by atoms with Crippen LogP contribution in [-0.2, 0) is 13.6 Å². The molecule has 2 atom stereocenters. The molecular formula is C20H27N5O2. The summed E-state index contributed by atoms with van der Waals surface area (Å²) in [5, 5.41) is 12.9. The van der Waals surface area contributed by atoms with Gasteiger partial charge in [-0.3, -0.25) is 9.36 Å². The number of hydrogen-bond acceptors (Lipinski definition) is 5. The van der Waals surface area contributed by atoms with Crippen molar-refractivity contribution in [3.8, 4) is 0 Å². The van der Waals surface area contributed by atoms with Gasteiger partial charge in [-0.2, -0.15) is 4.98 Å². The summed E-state index contributed by atoms with van der Waals surface area (Å²) in [7, 11) is 1.69. The molecule has 0 radical (unpaired) electrons. The molecule has 1 aromatic carbocycles. The largest absolute Gasteiger partial charge is 0.394 e. The fourth-order valence-electron chi connectivity index (χ4n) is 3.18. The molecule has 3 rings (SSSR count). The van der Waals surface area contributed by atoms with Gasteiger partial charge in [0.15, 0.2) is 11.2 Å². The molecule has 27 heavy (non-hydrogen) atoms. The van der Waals surface area contributed by atoms with Gasteiger partial charge < -0.3 is 15.0 Å². The Labute approximate surface area is 158 Å². The molecule has 2 N–H and O–H groups in total. The number of aliphatic hydroxyl groups is 1. The number of aryl methyl sites for hydroxylation is 1. The van der Waals surface area contributed by atoms with Crippen molar-refractivity contribution in [2.75, 3.05) is 11.9 Å². The van der Waals surface area contributed by atoms with Gasteiger partial charge >= 0.3 is 0 Å². The summed E-state index contributed by atoms with van der Waals surface area (Å²) in [5.41, 5.74) is 1.87. The van der Waals surface area contributed by atoms with E-state index in [1.807, 2.05) is 41.8 Å². The molecule has 3 aromatic rings. The van der Waals surface area contributed by atoms with Crippen molar-refractivity contribution in [1.29, 1.82) is 0 Å². The molecule has 0 amide bonds. The highest BCUT2D eigenvalue weighted by atomic mass is 16.3. The number of fused-ring (bicyclic) bond motifs is 1. The summed E-state index contributed by atoms with van der Waals surface area (Å²) in [6, 6.07) is 9.81. The summed E-state index contributed by atoms with van der Waals surface area (Å²) in [4.78, 5) is 22.1. The summed E-state index contributed by atoms with van der Waals surface area (Å²) in [6.45, 7) is 6.55. The first-order chi connectivity index (χ1) is 13.0. The van der Waals surface area contributed by atoms with Crippen LogP contribution in [0.4, 0.5) is 5.95 Å². The van der Waals surface area contributed by atoms with Gasteiger partial charge in [-0.05, 0) is 18.4 Å². The molecule has 7 heteroatoms. The second-order valence-electron chi connectivity index (χ2n) is 7.02. The van der Waals surface area contributed by atoms with Crippen molar-refractivity contribution >= 4 is 17.1 Å². The number of aliphatic hydroxyl groups excluding tert-OH is 1. The third-order valence-corrected chi connectivity index (χ3v) is 5.20. The van der Waals surface area contributed by atoms with E-state index < -0.39 is 0 Å². The summed E-state index contributed by atoms with van der Waals surface area (Å²) in [5.74, 6) is 1.42. The molecule has 2 unspecified atom stereocenters. The molecule has 0 aliphatic heterocycles. The van der Waals surface area contributed by atoms with Gasteiger partial charge in [0.25, 0.3) is 5.56 Å². The van der Waals surface area contributed by atoms with Crippen molar-refractivity contribution in [2.24, 2.45) is 13.0 Å². The van der Waals surface area contributed by atoms with Crippen molar-refractivity contribution in [3.63, 3.8) is 0 Å². The molecule has 0 saturated heterocycles. The van der Waals surface area contributed by atoms with Gasteiger partial charge in [0, 0.05) is 13.6 Å². The van der Waals surface area contributed by atoms with Crippen LogP contribution >= 0.6 is 0 Å². The van der Waals surface area contributed by atoms with Gasteiger partial charge in [-0.15, -0.1) is 0 Å². The highest BCUT2D eigenvalue weighted by Gasteiger charge is 2.20. The Morgan fingerprint density at radius 2 is 1.93 bits per heavy atom. The first-order valence-electron chi connectivity index (χ1n) is 9.31. The molecule has 0 spiro atoms. The smallest absolute Gasteiger partial charge is 0.280 e. The van der Waals surface area contributed by atoms with E-state index in [1.165, 1.54) is 4.57 Å². The first kappa shape index (κ1) is 19.1. The quantitative estimate of drug-likeness (QED) is 0.668. The predicted molar refractivity (Wildman–Crippen MR) is 107 cm³/mol. The lowest BCUT2D eigenvalue weighted by atomic mass is 10.0. The number of anilines is 1. The summed E-state index contributed by atoms with van der Waals surface area (Å²) >= 11 is 0. The monoisotopic (exact) mass is 369 g/mol. The normalized spacial score (nSPS) is 13.7. The van der Waals surface area contributed by atoms with Crippen LogP contribution in [0.2, 0.25) is 0 Å². The third-order valence-electron chi connectivity index (χ3n) is 5.20. The summed E-state index contributed by atoms with van der Waals surface area (Å²) in [6.07, 6.45) is 0.916. The van der Waals surface area contributed by atoms with Crippen molar-refractivity contribution in [3.05, 3.63) is 52.1 Å². The second-order valence-corrected chi connectivity index (χ2v) is 7.02. The third kappa shape index (κ3) is 3.73. The molecule has 2 aromatic heterocycles. The SMILES string of the molecule is CCC(C)C(CO)Nc1nc2nc(C)n(Cc3ccccc3)c2c(=O)n1C. The molecule has 7 nitrogen and oxygen atoms in total. The molecular weight excluding hydrogens is 342 g/mol. The molecule has 0 aliphatic carbocycles. The van der Waals surface area contributed by atoms with E-state index >= 15 is 0 Å². The molecule has 0 fully saturated rings. The van der Waals surface area contributed by atoms with E-state index in [0.29, 0.717) is 23.7 Å². The summed E-state index contributed by atoms with van der Waals surface area (Å²) < 4.78 is 3.40. The maximum Gasteiger partial charge on any atom is 0.280 e. The number of imidazole rings is 1. The van der Waals surface area contributed by atoms with E-state index in [-0.39, 0.29) is 24.1 Å². The maximum atomic E-state index is 13.0. The van der Waals surface area contributed by atoms with Crippen LogP contribution in [0.3, 0.4) is 0 Å². The number of rotatable bonds is 7. The maximum absolute atomic E-state index is 13.0. The number of aromatic nitrogens is 4. The topological polar surface area (TPSA) is 85.0 Å². The van der Waals surface area contributed by atoms with Crippen LogP contribution in [0.5, 0.6) is 0 Å². The van der Waals surface area contributed by atoms with Crippen LogP contribution in [0, 0.1) is 12.8 Å². The van der Waals surface area contributed by atoms with Crippen molar-refractivity contribution < 1.29 is 5.11 Å². The van der Waals surface area contributed by atoms with Crippen molar-refractivity contribution in [1.82, 2.24) is 19.1 Å². The Hall–Kier alpha value is -2.67. The highest BCUT2D eigenvalue weighted by Crippen LogP contribution is 2.17. The second kappa shape index (κ2) is 7.92. The minimum absolute atomic E-state index is 0.0234. The lowest BCUT2D eigenvalue weighted by Crippen LogP contribution is -2.34. The zero-order valence-electron chi connectivity index (χ0n) is 16.3. The molecule has 144 valence electrons. The molecule has 0 aliphatic rings. The molecule has 0 bridgehead atoms. The fraction of sp³-hybridized carbons (Fsp3) is 0.450. The van der Waals surface area contributed by atoms with Gasteiger partial charge in [-0.25, -0.2) is 4.98 Å².